The van der Waals surface area contributed by atoms with Crippen LogP contribution in [0.5, 0.6) is 0 Å². The third kappa shape index (κ3) is 5.55. The fourth-order valence-corrected chi connectivity index (χ4v) is 2.38. The molecule has 124 valence electrons. The lowest BCUT2D eigenvalue weighted by atomic mass is 10.1. The van der Waals surface area contributed by atoms with Crippen molar-refractivity contribution in [3.05, 3.63) is 58.9 Å². The smallest absolute Gasteiger partial charge is 0.264 e. The minimum Gasteiger partial charge on any atom is -0.264 e. The van der Waals surface area contributed by atoms with Crippen LogP contribution < -0.4 is 0 Å². The van der Waals surface area contributed by atoms with E-state index in [1.807, 2.05) is 13.8 Å². The first-order valence-corrected chi connectivity index (χ1v) is 8.42. The number of rotatable bonds is 2. The van der Waals surface area contributed by atoms with Gasteiger partial charge in [0.25, 0.3) is 0 Å². The van der Waals surface area contributed by atoms with E-state index in [4.69, 9.17) is 11.6 Å². The second kappa shape index (κ2) is 8.93. The number of alkyl halides is 3. The summed E-state index contributed by atoms with van der Waals surface area (Å²) in [5.41, 5.74) is -0.362. The van der Waals surface area contributed by atoms with Crippen molar-refractivity contribution in [1.29, 1.82) is 0 Å². The first kappa shape index (κ1) is 19.5. The fraction of sp³-hybridized carbons (Fsp3) is 0.250. The van der Waals surface area contributed by atoms with Crippen LogP contribution in [0, 0.1) is 0 Å². The average Bonchev–Trinajstić information content (AvgIpc) is 2.55. The average molecular weight is 361 g/mol. The van der Waals surface area contributed by atoms with Crippen LogP contribution >= 0.6 is 23.4 Å². The third-order valence-corrected chi connectivity index (χ3v) is 3.54. The molecule has 2 rings (SSSR count). The summed E-state index contributed by atoms with van der Waals surface area (Å²) < 4.78 is 39.1. The molecule has 0 aliphatic carbocycles. The maximum Gasteiger partial charge on any atom is 0.418 e. The number of pyridine rings is 1. The number of benzene rings is 1. The fourth-order valence-electron chi connectivity index (χ4n) is 1.66. The molecule has 0 N–H and O–H groups in total. The van der Waals surface area contributed by atoms with Crippen LogP contribution in [-0.4, -0.2) is 16.3 Å². The largest absolute Gasteiger partial charge is 0.418 e. The van der Waals surface area contributed by atoms with Crippen LogP contribution in [0.3, 0.4) is 0 Å². The second-order valence-corrected chi connectivity index (χ2v) is 5.25. The van der Waals surface area contributed by atoms with Crippen molar-refractivity contribution in [2.45, 2.75) is 20.0 Å². The molecule has 0 bridgehead atoms. The van der Waals surface area contributed by atoms with Crippen LogP contribution in [0.1, 0.15) is 25.0 Å². The van der Waals surface area contributed by atoms with Gasteiger partial charge in [0.1, 0.15) is 5.04 Å². The molecule has 2 aromatic rings. The molecule has 0 spiro atoms. The summed E-state index contributed by atoms with van der Waals surface area (Å²) in [5, 5.41) is 0.476. The molecule has 7 heteroatoms. The van der Waals surface area contributed by atoms with E-state index >= 15 is 0 Å². The van der Waals surface area contributed by atoms with Gasteiger partial charge in [-0.25, -0.2) is 4.99 Å². The van der Waals surface area contributed by atoms with E-state index in [1.54, 1.807) is 30.8 Å². The lowest BCUT2D eigenvalue weighted by Gasteiger charge is -2.11. The number of nitrogens with zero attached hydrogens (tertiary/aromatic N) is 2. The lowest BCUT2D eigenvalue weighted by molar-refractivity contribution is -0.137. The Bertz CT molecular complexity index is 658. The van der Waals surface area contributed by atoms with Gasteiger partial charge in [-0.2, -0.15) is 13.2 Å². The van der Waals surface area contributed by atoms with Crippen molar-refractivity contribution in [2.24, 2.45) is 4.99 Å². The van der Waals surface area contributed by atoms with Crippen LogP contribution in [0.25, 0.3) is 0 Å². The summed E-state index contributed by atoms with van der Waals surface area (Å²) in [6.07, 6.45) is 0.376. The molecule has 0 saturated carbocycles. The number of halogens is 4. The van der Waals surface area contributed by atoms with Crippen LogP contribution in [0.15, 0.2) is 47.7 Å². The molecule has 0 aliphatic rings. The van der Waals surface area contributed by atoms with E-state index in [2.05, 4.69) is 9.98 Å². The SMILES string of the molecule is CC.CSC(=Nc1ccc(Cl)cc1C(F)(F)F)c1cccnc1. The van der Waals surface area contributed by atoms with Gasteiger partial charge >= 0.3 is 6.18 Å². The van der Waals surface area contributed by atoms with Crippen molar-refractivity contribution in [3.8, 4) is 0 Å². The number of aromatic nitrogens is 1. The van der Waals surface area contributed by atoms with Gasteiger partial charge in [-0.1, -0.05) is 25.4 Å². The summed E-state index contributed by atoms with van der Waals surface area (Å²) >= 11 is 6.90. The molecule has 0 amide bonds. The molecule has 0 fully saturated rings. The van der Waals surface area contributed by atoms with Gasteiger partial charge in [0.05, 0.1) is 11.3 Å². The summed E-state index contributed by atoms with van der Waals surface area (Å²) in [6.45, 7) is 4.00. The predicted octanol–water partition coefficient (Wildman–Crippen LogP) is 6.22. The molecule has 23 heavy (non-hydrogen) atoms. The van der Waals surface area contributed by atoms with Crippen LogP contribution in [0.2, 0.25) is 5.02 Å². The van der Waals surface area contributed by atoms with Gasteiger partial charge in [0.15, 0.2) is 0 Å². The van der Waals surface area contributed by atoms with Crippen molar-refractivity contribution < 1.29 is 13.2 Å². The summed E-state index contributed by atoms with van der Waals surface area (Å²) in [5.74, 6) is 0. The lowest BCUT2D eigenvalue weighted by Crippen LogP contribution is -2.06. The Morgan fingerprint density at radius 1 is 1.22 bits per heavy atom. The molecule has 1 aromatic heterocycles. The molecule has 2 nitrogen and oxygen atoms in total. The van der Waals surface area contributed by atoms with Gasteiger partial charge in [-0.15, -0.1) is 11.8 Å². The molecule has 0 saturated heterocycles. The normalized spacial score (nSPS) is 11.7. The molecule has 0 radical (unpaired) electrons. The van der Waals surface area contributed by atoms with Crippen molar-refractivity contribution >= 4 is 34.1 Å². The Hall–Kier alpha value is -1.53. The number of aliphatic imine (C=N–C) groups is 1. The van der Waals surface area contributed by atoms with Gasteiger partial charge in [0.2, 0.25) is 0 Å². The van der Waals surface area contributed by atoms with Crippen LogP contribution in [-0.2, 0) is 6.18 Å². The van der Waals surface area contributed by atoms with Gasteiger partial charge in [-0.3, -0.25) is 4.98 Å². The Morgan fingerprint density at radius 3 is 2.43 bits per heavy atom. The van der Waals surface area contributed by atoms with E-state index in [0.717, 1.165) is 6.07 Å². The zero-order valence-electron chi connectivity index (χ0n) is 12.9. The summed E-state index contributed by atoms with van der Waals surface area (Å²) in [7, 11) is 0. The highest BCUT2D eigenvalue weighted by Gasteiger charge is 2.34. The minimum atomic E-state index is -4.51. The maximum absolute atomic E-state index is 13.0. The van der Waals surface area contributed by atoms with Gasteiger partial charge < -0.3 is 0 Å². The number of hydrogen-bond acceptors (Lipinski definition) is 3. The molecule has 1 aromatic carbocycles. The van der Waals surface area contributed by atoms with Gasteiger partial charge in [0, 0.05) is 23.0 Å². The Labute approximate surface area is 142 Å². The quantitative estimate of drug-likeness (QED) is 0.469. The van der Waals surface area contributed by atoms with E-state index in [-0.39, 0.29) is 10.7 Å². The Kier molecular flexibility index (Phi) is 7.58. The molecular formula is C16H16ClF3N2S. The highest BCUT2D eigenvalue weighted by atomic mass is 35.5. The maximum atomic E-state index is 13.0. The van der Waals surface area contributed by atoms with Crippen LogP contribution in [0.4, 0.5) is 18.9 Å². The third-order valence-electron chi connectivity index (χ3n) is 2.59. The predicted molar refractivity (Wildman–Crippen MR) is 91.8 cm³/mol. The van der Waals surface area contributed by atoms with Crippen molar-refractivity contribution in [1.82, 2.24) is 4.98 Å². The molecule has 0 aliphatic heterocycles. The summed E-state index contributed by atoms with van der Waals surface area (Å²) in [4.78, 5) is 8.06. The van der Waals surface area contributed by atoms with Crippen molar-refractivity contribution in [3.63, 3.8) is 0 Å². The second-order valence-electron chi connectivity index (χ2n) is 4.02. The van der Waals surface area contributed by atoms with E-state index in [0.29, 0.717) is 10.6 Å². The highest BCUT2D eigenvalue weighted by Crippen LogP contribution is 2.38. The highest BCUT2D eigenvalue weighted by molar-refractivity contribution is 8.13. The topological polar surface area (TPSA) is 25.2 Å². The zero-order chi connectivity index (χ0) is 17.5. The number of thioether (sulfide) groups is 1. The molecule has 0 unspecified atom stereocenters. The first-order chi connectivity index (χ1) is 10.9. The summed E-state index contributed by atoms with van der Waals surface area (Å²) in [6, 6.07) is 6.97. The first-order valence-electron chi connectivity index (χ1n) is 6.81. The monoisotopic (exact) mass is 360 g/mol. The van der Waals surface area contributed by atoms with Crippen molar-refractivity contribution in [2.75, 3.05) is 6.26 Å². The van der Waals surface area contributed by atoms with Gasteiger partial charge in [-0.05, 0) is 36.6 Å². The van der Waals surface area contributed by atoms with E-state index < -0.39 is 11.7 Å². The van der Waals surface area contributed by atoms with E-state index in [9.17, 15) is 13.2 Å². The van der Waals surface area contributed by atoms with E-state index in [1.165, 1.54) is 23.9 Å². The molecule has 1 heterocycles. The molecule has 0 atom stereocenters. The molecular weight excluding hydrogens is 345 g/mol. The number of hydrogen-bond donors (Lipinski definition) is 0. The zero-order valence-corrected chi connectivity index (χ0v) is 14.4. The minimum absolute atomic E-state index is 0.0216. The Balaban J connectivity index is 0.00000127. The Morgan fingerprint density at radius 2 is 1.91 bits per heavy atom. The standard InChI is InChI=1S/C14H10ClF3N2S.C2H6/c1-21-13(9-3-2-6-19-8-9)20-12-5-4-10(15)7-11(12)14(16,17)18;1-2/h2-8H,1H3;1-2H3.